The Morgan fingerprint density at radius 3 is 2.33 bits per heavy atom. The third-order valence-corrected chi connectivity index (χ3v) is 6.34. The molecule has 0 unspecified atom stereocenters. The predicted octanol–water partition coefficient (Wildman–Crippen LogP) is 7.69. The van der Waals surface area contributed by atoms with E-state index in [9.17, 15) is 0 Å². The standard InChI is InChI=1S/C26H32.Zr/c1-18(2)22-9-11-23(12-10-22)25-14-19(3)13-24-16-21(17-26(24)25)15-20-7-5-4-6-8-20;/h9-14,17-18,20H,4-8,15-16H2,1-3H3;. The van der Waals surface area contributed by atoms with Crippen LogP contribution in [0.4, 0.5) is 0 Å². The van der Waals surface area contributed by atoms with Crippen molar-refractivity contribution >= 4 is 6.08 Å². The van der Waals surface area contributed by atoms with E-state index in [0.29, 0.717) is 5.92 Å². The molecule has 0 heterocycles. The number of hydrogen-bond acceptors (Lipinski definition) is 0. The molecule has 140 valence electrons. The van der Waals surface area contributed by atoms with Gasteiger partial charge in [0.05, 0.1) is 0 Å². The zero-order valence-electron chi connectivity index (χ0n) is 17.1. The first kappa shape index (κ1) is 20.8. The van der Waals surface area contributed by atoms with Crippen LogP contribution in [0.5, 0.6) is 0 Å². The van der Waals surface area contributed by atoms with Gasteiger partial charge in [-0.05, 0) is 59.4 Å². The first-order valence-electron chi connectivity index (χ1n) is 10.5. The van der Waals surface area contributed by atoms with Crippen LogP contribution >= 0.6 is 0 Å². The first-order chi connectivity index (χ1) is 12.6. The van der Waals surface area contributed by atoms with E-state index in [-0.39, 0.29) is 26.2 Å². The van der Waals surface area contributed by atoms with Crippen LogP contribution in [-0.2, 0) is 32.6 Å². The molecule has 1 fully saturated rings. The Labute approximate surface area is 184 Å². The van der Waals surface area contributed by atoms with Crippen LogP contribution in [0.25, 0.3) is 17.2 Å². The maximum atomic E-state index is 2.52. The van der Waals surface area contributed by atoms with Crippen molar-refractivity contribution in [3.63, 3.8) is 0 Å². The molecule has 2 aromatic rings. The summed E-state index contributed by atoms with van der Waals surface area (Å²) in [5.74, 6) is 1.52. The Bertz CT molecular complexity index is 805. The minimum Gasteiger partial charge on any atom is -0.0649 e. The third kappa shape index (κ3) is 4.73. The second kappa shape index (κ2) is 9.04. The normalized spacial score (nSPS) is 16.8. The topological polar surface area (TPSA) is 0 Å². The van der Waals surface area contributed by atoms with Gasteiger partial charge in [0, 0.05) is 26.2 Å². The van der Waals surface area contributed by atoms with Gasteiger partial charge < -0.3 is 0 Å². The van der Waals surface area contributed by atoms with Gasteiger partial charge in [-0.15, -0.1) is 0 Å². The van der Waals surface area contributed by atoms with Gasteiger partial charge in [0.15, 0.2) is 0 Å². The quantitative estimate of drug-likeness (QED) is 0.461. The summed E-state index contributed by atoms with van der Waals surface area (Å²) in [6.45, 7) is 6.77. The van der Waals surface area contributed by atoms with Crippen molar-refractivity contribution in [3.8, 4) is 11.1 Å². The summed E-state index contributed by atoms with van der Waals surface area (Å²) in [6, 6.07) is 14.0. The number of allylic oxidation sites excluding steroid dienone is 1. The van der Waals surface area contributed by atoms with Gasteiger partial charge in [-0.3, -0.25) is 0 Å². The monoisotopic (exact) mass is 434 g/mol. The maximum absolute atomic E-state index is 2.52. The Kier molecular flexibility index (Phi) is 6.96. The summed E-state index contributed by atoms with van der Waals surface area (Å²) in [4.78, 5) is 0. The van der Waals surface area contributed by atoms with Crippen LogP contribution < -0.4 is 0 Å². The molecule has 2 aromatic carbocycles. The molecule has 0 nitrogen and oxygen atoms in total. The molecular formula is C26H32Zr. The van der Waals surface area contributed by atoms with Gasteiger partial charge in [-0.2, -0.15) is 0 Å². The molecule has 0 amide bonds. The average molecular weight is 436 g/mol. The summed E-state index contributed by atoms with van der Waals surface area (Å²) in [5.41, 5.74) is 10.3. The van der Waals surface area contributed by atoms with Crippen LogP contribution in [0.2, 0.25) is 0 Å². The van der Waals surface area contributed by atoms with E-state index < -0.39 is 0 Å². The van der Waals surface area contributed by atoms with Crippen molar-refractivity contribution in [2.45, 2.75) is 71.6 Å². The van der Waals surface area contributed by atoms with E-state index in [4.69, 9.17) is 0 Å². The summed E-state index contributed by atoms with van der Waals surface area (Å²) in [7, 11) is 0. The molecule has 2 aliphatic rings. The fraction of sp³-hybridized carbons (Fsp3) is 0.462. The molecule has 0 saturated heterocycles. The van der Waals surface area contributed by atoms with Gasteiger partial charge in [0.2, 0.25) is 0 Å². The molecule has 1 saturated carbocycles. The minimum atomic E-state index is 0. The molecule has 0 N–H and O–H groups in total. The summed E-state index contributed by atoms with van der Waals surface area (Å²) < 4.78 is 0. The van der Waals surface area contributed by atoms with E-state index in [0.717, 1.165) is 5.92 Å². The summed E-state index contributed by atoms with van der Waals surface area (Å²) >= 11 is 0. The number of rotatable bonds is 4. The SMILES string of the molecule is Cc1cc2c(c(-c3ccc(C(C)C)cc3)c1)C=C(CC1CCCCC1)C2.[Zr]. The van der Waals surface area contributed by atoms with Gasteiger partial charge in [0.25, 0.3) is 0 Å². The smallest absolute Gasteiger partial charge is 0 e. The number of hydrogen-bond donors (Lipinski definition) is 0. The number of benzene rings is 2. The molecular weight excluding hydrogens is 404 g/mol. The Morgan fingerprint density at radius 2 is 1.67 bits per heavy atom. The van der Waals surface area contributed by atoms with Crippen molar-refractivity contribution in [1.29, 1.82) is 0 Å². The van der Waals surface area contributed by atoms with Crippen molar-refractivity contribution in [2.24, 2.45) is 5.92 Å². The van der Waals surface area contributed by atoms with E-state index in [2.05, 4.69) is 63.2 Å². The molecule has 2 aliphatic carbocycles. The van der Waals surface area contributed by atoms with Gasteiger partial charge >= 0.3 is 0 Å². The molecule has 0 aliphatic heterocycles. The maximum Gasteiger partial charge on any atom is 0 e. The Balaban J connectivity index is 0.00000210. The zero-order chi connectivity index (χ0) is 18.1. The van der Waals surface area contributed by atoms with Crippen LogP contribution in [0.1, 0.15) is 80.5 Å². The molecule has 1 heteroatoms. The van der Waals surface area contributed by atoms with E-state index >= 15 is 0 Å². The van der Waals surface area contributed by atoms with Crippen molar-refractivity contribution < 1.29 is 26.2 Å². The molecule has 27 heavy (non-hydrogen) atoms. The van der Waals surface area contributed by atoms with Crippen LogP contribution in [0.15, 0.2) is 42.0 Å². The van der Waals surface area contributed by atoms with E-state index in [1.807, 2.05) is 0 Å². The van der Waals surface area contributed by atoms with Crippen LogP contribution in [0, 0.1) is 12.8 Å². The molecule has 0 atom stereocenters. The Hall–Kier alpha value is -0.937. The second-order valence-electron chi connectivity index (χ2n) is 8.85. The molecule has 4 rings (SSSR count). The average Bonchev–Trinajstić information content (AvgIpc) is 3.04. The molecule has 0 aromatic heterocycles. The minimum absolute atomic E-state index is 0. The molecule has 0 spiro atoms. The van der Waals surface area contributed by atoms with Gasteiger partial charge in [-0.25, -0.2) is 0 Å². The fourth-order valence-corrected chi connectivity index (χ4v) is 4.87. The van der Waals surface area contributed by atoms with Crippen molar-refractivity contribution in [2.75, 3.05) is 0 Å². The zero-order valence-corrected chi connectivity index (χ0v) is 19.6. The summed E-state index contributed by atoms with van der Waals surface area (Å²) in [5, 5.41) is 0. The molecule has 0 radical (unpaired) electrons. The summed E-state index contributed by atoms with van der Waals surface area (Å²) in [6.07, 6.45) is 12.2. The number of aryl methyl sites for hydroxylation is 1. The number of fused-ring (bicyclic) bond motifs is 1. The van der Waals surface area contributed by atoms with Gasteiger partial charge in [0.1, 0.15) is 0 Å². The fourth-order valence-electron chi connectivity index (χ4n) is 4.87. The third-order valence-electron chi connectivity index (χ3n) is 6.34. The van der Waals surface area contributed by atoms with Crippen molar-refractivity contribution in [1.82, 2.24) is 0 Å². The van der Waals surface area contributed by atoms with Crippen molar-refractivity contribution in [3.05, 3.63) is 64.2 Å². The largest absolute Gasteiger partial charge is 0.0649 e. The first-order valence-corrected chi connectivity index (χ1v) is 10.5. The van der Waals surface area contributed by atoms with Crippen LogP contribution in [0.3, 0.4) is 0 Å². The Morgan fingerprint density at radius 1 is 0.963 bits per heavy atom. The van der Waals surface area contributed by atoms with E-state index in [1.54, 1.807) is 11.1 Å². The second-order valence-corrected chi connectivity index (χ2v) is 8.85. The van der Waals surface area contributed by atoms with Crippen LogP contribution in [-0.4, -0.2) is 0 Å². The molecule has 0 bridgehead atoms. The van der Waals surface area contributed by atoms with E-state index in [1.165, 1.54) is 72.8 Å². The van der Waals surface area contributed by atoms with Gasteiger partial charge in [-0.1, -0.05) is 99.6 Å². The predicted molar refractivity (Wildman–Crippen MR) is 114 cm³/mol.